The Morgan fingerprint density at radius 2 is 0.791 bits per heavy atom. The molecular weight excluding hydrogens is 530 g/mol. The molecule has 2 unspecified atom stereocenters. The van der Waals surface area contributed by atoms with Gasteiger partial charge in [0.05, 0.1) is 0 Å². The van der Waals surface area contributed by atoms with Crippen molar-refractivity contribution in [2.24, 2.45) is 5.73 Å². The van der Waals surface area contributed by atoms with Crippen LogP contribution in [0.15, 0.2) is 36.5 Å². The summed E-state index contributed by atoms with van der Waals surface area (Å²) in [6.07, 6.45) is 45.6. The minimum absolute atomic E-state index is 0.168. The molecule has 0 fully saturated rings. The van der Waals surface area contributed by atoms with Crippen molar-refractivity contribution in [1.82, 2.24) is 0 Å². The van der Waals surface area contributed by atoms with Gasteiger partial charge in [0.1, 0.15) is 6.10 Å². The highest BCUT2D eigenvalue weighted by atomic mass is 16.7. The van der Waals surface area contributed by atoms with Crippen LogP contribution >= 0.6 is 0 Å². The zero-order chi connectivity index (χ0) is 31.3. The molecule has 0 amide bonds. The van der Waals surface area contributed by atoms with E-state index in [0.717, 1.165) is 19.3 Å². The van der Waals surface area contributed by atoms with Gasteiger partial charge >= 0.3 is 0 Å². The van der Waals surface area contributed by atoms with E-state index in [0.29, 0.717) is 13.2 Å². The van der Waals surface area contributed by atoms with Crippen LogP contribution in [-0.4, -0.2) is 37.3 Å². The van der Waals surface area contributed by atoms with Crippen LogP contribution < -0.4 is 5.73 Å². The van der Waals surface area contributed by atoms with Crippen molar-refractivity contribution in [3.63, 3.8) is 0 Å². The lowest BCUT2D eigenvalue weighted by Gasteiger charge is -2.22. The molecule has 0 bridgehead atoms. The van der Waals surface area contributed by atoms with E-state index in [1.54, 1.807) is 0 Å². The quantitative estimate of drug-likeness (QED) is 0.0428. The third-order valence-electron chi connectivity index (χ3n) is 8.12. The molecule has 3 N–H and O–H groups in total. The summed E-state index contributed by atoms with van der Waals surface area (Å²) in [6, 6.07) is 0. The Labute approximate surface area is 269 Å². The highest BCUT2D eigenvalue weighted by molar-refractivity contribution is 4.92. The van der Waals surface area contributed by atoms with Gasteiger partial charge in [0, 0.05) is 19.8 Å². The van der Waals surface area contributed by atoms with Crippen molar-refractivity contribution < 1.29 is 14.6 Å². The molecule has 2 atom stereocenters. The van der Waals surface area contributed by atoms with Crippen molar-refractivity contribution in [3.8, 4) is 0 Å². The maximum absolute atomic E-state index is 10.2. The second-order valence-electron chi connectivity index (χ2n) is 12.4. The molecule has 43 heavy (non-hydrogen) atoms. The van der Waals surface area contributed by atoms with Gasteiger partial charge in [-0.3, -0.25) is 0 Å². The molecule has 4 heteroatoms. The molecule has 0 rings (SSSR count). The predicted octanol–water partition coefficient (Wildman–Crippen LogP) is 11.5. The fourth-order valence-electron chi connectivity index (χ4n) is 5.22. The van der Waals surface area contributed by atoms with Gasteiger partial charge in [-0.2, -0.15) is 0 Å². The molecule has 0 aliphatic carbocycles. The molecule has 4 nitrogen and oxygen atoms in total. The molecule has 0 aromatic rings. The van der Waals surface area contributed by atoms with Crippen LogP contribution in [-0.2, 0) is 9.47 Å². The van der Waals surface area contributed by atoms with Crippen LogP contribution in [0.2, 0.25) is 0 Å². The van der Waals surface area contributed by atoms with Gasteiger partial charge in [-0.15, -0.1) is 0 Å². The Hall–Kier alpha value is -0.940. The third-order valence-corrected chi connectivity index (χ3v) is 8.12. The monoisotopic (exact) mass is 606 g/mol. The first kappa shape index (κ1) is 42.1. The van der Waals surface area contributed by atoms with E-state index in [1.807, 2.05) is 0 Å². The average Bonchev–Trinajstić information content (AvgIpc) is 3.02. The molecule has 0 aliphatic heterocycles. The van der Waals surface area contributed by atoms with Gasteiger partial charge in [-0.25, -0.2) is 0 Å². The van der Waals surface area contributed by atoms with Gasteiger partial charge in [-0.05, 0) is 70.6 Å². The summed E-state index contributed by atoms with van der Waals surface area (Å²) < 4.78 is 11.7. The van der Waals surface area contributed by atoms with Gasteiger partial charge in [0.15, 0.2) is 6.29 Å². The SMILES string of the molecule is CCCCCC=CCC=CCCCCCCCCOC(OCCCCCCCCC=CCCCCCCCC)C(O)CN. The number of rotatable bonds is 35. The van der Waals surface area contributed by atoms with Crippen LogP contribution in [0.4, 0.5) is 0 Å². The highest BCUT2D eigenvalue weighted by Crippen LogP contribution is 2.12. The molecule has 0 saturated carbocycles. The molecular formula is C39H75NO3. The first-order valence-electron chi connectivity index (χ1n) is 18.8. The van der Waals surface area contributed by atoms with Gasteiger partial charge in [-0.1, -0.05) is 147 Å². The summed E-state index contributed by atoms with van der Waals surface area (Å²) in [6.45, 7) is 5.96. The number of aliphatic hydroxyl groups is 1. The molecule has 0 aromatic heterocycles. The van der Waals surface area contributed by atoms with Gasteiger partial charge < -0.3 is 20.3 Å². The lowest BCUT2D eigenvalue weighted by atomic mass is 10.1. The molecule has 0 aliphatic rings. The molecule has 0 aromatic carbocycles. The van der Waals surface area contributed by atoms with Crippen molar-refractivity contribution in [1.29, 1.82) is 0 Å². The topological polar surface area (TPSA) is 64.7 Å². The van der Waals surface area contributed by atoms with Crippen molar-refractivity contribution in [2.45, 2.75) is 193 Å². The van der Waals surface area contributed by atoms with Crippen LogP contribution in [0.5, 0.6) is 0 Å². The minimum Gasteiger partial charge on any atom is -0.386 e. The fraction of sp³-hybridized carbons (Fsp3) is 0.846. The van der Waals surface area contributed by atoms with E-state index < -0.39 is 12.4 Å². The summed E-state index contributed by atoms with van der Waals surface area (Å²) in [5, 5.41) is 10.2. The van der Waals surface area contributed by atoms with E-state index >= 15 is 0 Å². The Kier molecular flexibility index (Phi) is 36.4. The maximum Gasteiger partial charge on any atom is 0.184 e. The molecule has 254 valence electrons. The van der Waals surface area contributed by atoms with Crippen molar-refractivity contribution in [3.05, 3.63) is 36.5 Å². The van der Waals surface area contributed by atoms with E-state index in [9.17, 15) is 5.11 Å². The maximum atomic E-state index is 10.2. The smallest absolute Gasteiger partial charge is 0.184 e. The van der Waals surface area contributed by atoms with Crippen LogP contribution in [0, 0.1) is 0 Å². The summed E-state index contributed by atoms with van der Waals surface area (Å²) in [5.74, 6) is 0. The number of nitrogens with two attached hydrogens (primary N) is 1. The van der Waals surface area contributed by atoms with Crippen LogP contribution in [0.25, 0.3) is 0 Å². The Morgan fingerprint density at radius 3 is 1.21 bits per heavy atom. The van der Waals surface area contributed by atoms with Crippen molar-refractivity contribution in [2.75, 3.05) is 19.8 Å². The first-order chi connectivity index (χ1) is 21.3. The van der Waals surface area contributed by atoms with E-state index in [2.05, 4.69) is 50.3 Å². The summed E-state index contributed by atoms with van der Waals surface area (Å²) in [4.78, 5) is 0. The first-order valence-corrected chi connectivity index (χ1v) is 18.8. The fourth-order valence-corrected chi connectivity index (χ4v) is 5.22. The zero-order valence-electron chi connectivity index (χ0n) is 29.0. The Balaban J connectivity index is 3.58. The van der Waals surface area contributed by atoms with Crippen LogP contribution in [0.1, 0.15) is 181 Å². The summed E-state index contributed by atoms with van der Waals surface area (Å²) in [7, 11) is 0. The molecule has 0 heterocycles. The number of hydrogen-bond donors (Lipinski definition) is 2. The highest BCUT2D eigenvalue weighted by Gasteiger charge is 2.18. The van der Waals surface area contributed by atoms with Gasteiger partial charge in [0.2, 0.25) is 0 Å². The lowest BCUT2D eigenvalue weighted by molar-refractivity contribution is -0.192. The third kappa shape index (κ3) is 33.8. The summed E-state index contributed by atoms with van der Waals surface area (Å²) in [5.41, 5.74) is 5.68. The summed E-state index contributed by atoms with van der Waals surface area (Å²) >= 11 is 0. The Morgan fingerprint density at radius 1 is 0.465 bits per heavy atom. The largest absolute Gasteiger partial charge is 0.386 e. The average molecular weight is 606 g/mol. The zero-order valence-corrected chi connectivity index (χ0v) is 29.0. The molecule has 0 spiro atoms. The Bertz CT molecular complexity index is 603. The second-order valence-corrected chi connectivity index (χ2v) is 12.4. The normalized spacial score (nSPS) is 13.7. The standard InChI is InChI=1S/C39H75NO3/c1-3-5-7-9-11-13-15-17-19-21-23-25-27-29-31-33-35-42-39(38(41)37-40)43-36-34-32-30-28-26-24-22-20-18-16-14-12-10-8-6-4-2/h11,13,17-20,38-39,41H,3-10,12,14-16,21-37,40H2,1-2H3. The van der Waals surface area contributed by atoms with Gasteiger partial charge in [0.25, 0.3) is 0 Å². The second kappa shape index (κ2) is 37.2. The number of allylic oxidation sites excluding steroid dienone is 6. The number of aliphatic hydroxyl groups excluding tert-OH is 1. The van der Waals surface area contributed by atoms with E-state index in [-0.39, 0.29) is 6.54 Å². The molecule has 0 radical (unpaired) electrons. The lowest BCUT2D eigenvalue weighted by Crippen LogP contribution is -2.38. The van der Waals surface area contributed by atoms with E-state index in [4.69, 9.17) is 15.2 Å². The predicted molar refractivity (Wildman–Crippen MR) is 190 cm³/mol. The number of hydrogen-bond acceptors (Lipinski definition) is 4. The van der Waals surface area contributed by atoms with E-state index in [1.165, 1.54) is 148 Å². The van der Waals surface area contributed by atoms with Crippen molar-refractivity contribution >= 4 is 0 Å². The number of ether oxygens (including phenoxy) is 2. The molecule has 0 saturated heterocycles. The minimum atomic E-state index is -0.751. The van der Waals surface area contributed by atoms with Crippen LogP contribution in [0.3, 0.4) is 0 Å². The number of unbranched alkanes of at least 4 members (excludes halogenated alkanes) is 21.